The fourth-order valence-corrected chi connectivity index (χ4v) is 1.78. The highest BCUT2D eigenvalue weighted by atomic mass is 19.1. The number of para-hydroxylation sites is 2. The SMILES string of the molecule is O=C(O)c1cccc(F)c1OCc1ccccc1[N+](=O)[O-]. The Labute approximate surface area is 118 Å². The molecule has 0 spiro atoms. The lowest BCUT2D eigenvalue weighted by Gasteiger charge is -2.10. The molecule has 0 bridgehead atoms. The van der Waals surface area contributed by atoms with Crippen LogP contribution in [0.4, 0.5) is 10.1 Å². The molecule has 0 saturated heterocycles. The summed E-state index contributed by atoms with van der Waals surface area (Å²) >= 11 is 0. The van der Waals surface area contributed by atoms with Crippen molar-refractivity contribution in [1.29, 1.82) is 0 Å². The van der Waals surface area contributed by atoms with Crippen molar-refractivity contribution >= 4 is 11.7 Å². The number of benzene rings is 2. The summed E-state index contributed by atoms with van der Waals surface area (Å²) in [6.45, 7) is -0.307. The fraction of sp³-hybridized carbons (Fsp3) is 0.0714. The first kappa shape index (κ1) is 14.4. The molecule has 1 N–H and O–H groups in total. The number of halogens is 1. The summed E-state index contributed by atoms with van der Waals surface area (Å²) in [7, 11) is 0. The first-order chi connectivity index (χ1) is 10.0. The Kier molecular flexibility index (Phi) is 4.13. The lowest BCUT2D eigenvalue weighted by atomic mass is 10.2. The van der Waals surface area contributed by atoms with Crippen molar-refractivity contribution < 1.29 is 24.0 Å². The largest absolute Gasteiger partial charge is 0.485 e. The van der Waals surface area contributed by atoms with Gasteiger partial charge in [0.15, 0.2) is 11.6 Å². The van der Waals surface area contributed by atoms with E-state index in [0.717, 1.165) is 6.07 Å². The third kappa shape index (κ3) is 3.14. The number of nitro groups is 1. The van der Waals surface area contributed by atoms with Crippen LogP contribution in [0.1, 0.15) is 15.9 Å². The van der Waals surface area contributed by atoms with Gasteiger partial charge in [0.2, 0.25) is 0 Å². The highest BCUT2D eigenvalue weighted by molar-refractivity contribution is 5.90. The van der Waals surface area contributed by atoms with Crippen LogP contribution >= 0.6 is 0 Å². The van der Waals surface area contributed by atoms with Gasteiger partial charge in [0.1, 0.15) is 12.2 Å². The van der Waals surface area contributed by atoms with Crippen LogP contribution in [-0.2, 0) is 6.61 Å². The van der Waals surface area contributed by atoms with Crippen molar-refractivity contribution in [3.8, 4) is 5.75 Å². The molecule has 0 aliphatic carbocycles. The van der Waals surface area contributed by atoms with E-state index in [1.165, 1.54) is 30.3 Å². The van der Waals surface area contributed by atoms with Gasteiger partial charge in [0.05, 0.1) is 10.5 Å². The number of hydrogen-bond donors (Lipinski definition) is 1. The first-order valence-electron chi connectivity index (χ1n) is 5.87. The van der Waals surface area contributed by atoms with Crippen LogP contribution in [0.2, 0.25) is 0 Å². The smallest absolute Gasteiger partial charge is 0.339 e. The zero-order valence-corrected chi connectivity index (χ0v) is 10.7. The molecule has 0 saturated carbocycles. The van der Waals surface area contributed by atoms with Crippen LogP contribution < -0.4 is 4.74 Å². The van der Waals surface area contributed by atoms with Crippen LogP contribution in [0.15, 0.2) is 42.5 Å². The predicted octanol–water partition coefficient (Wildman–Crippen LogP) is 3.01. The van der Waals surface area contributed by atoms with Gasteiger partial charge in [-0.1, -0.05) is 18.2 Å². The van der Waals surface area contributed by atoms with E-state index in [-0.39, 0.29) is 23.4 Å². The summed E-state index contributed by atoms with van der Waals surface area (Å²) in [5, 5.41) is 19.8. The van der Waals surface area contributed by atoms with Gasteiger partial charge in [-0.05, 0) is 18.2 Å². The predicted molar refractivity (Wildman–Crippen MR) is 70.8 cm³/mol. The van der Waals surface area contributed by atoms with E-state index in [9.17, 15) is 19.3 Å². The molecule has 0 radical (unpaired) electrons. The Hall–Kier alpha value is -2.96. The molecule has 0 heterocycles. The summed E-state index contributed by atoms with van der Waals surface area (Å²) < 4.78 is 18.8. The standard InChI is InChI=1S/C14H10FNO5/c15-11-6-3-5-10(14(17)18)13(11)21-8-9-4-1-2-7-12(9)16(19)20/h1-7H,8H2,(H,17,18). The fourth-order valence-electron chi connectivity index (χ4n) is 1.78. The third-order valence-corrected chi connectivity index (χ3v) is 2.76. The van der Waals surface area contributed by atoms with Crippen LogP contribution in [0.25, 0.3) is 0 Å². The number of aromatic carboxylic acids is 1. The highest BCUT2D eigenvalue weighted by Gasteiger charge is 2.18. The van der Waals surface area contributed by atoms with Crippen molar-refractivity contribution in [3.05, 3.63) is 69.5 Å². The summed E-state index contributed by atoms with van der Waals surface area (Å²) in [4.78, 5) is 21.3. The molecule has 2 aromatic rings. The van der Waals surface area contributed by atoms with Gasteiger partial charge in [0, 0.05) is 6.07 Å². The molecule has 0 aliphatic rings. The van der Waals surface area contributed by atoms with Gasteiger partial charge >= 0.3 is 5.97 Å². The minimum Gasteiger partial charge on any atom is -0.485 e. The Morgan fingerprint density at radius 2 is 1.95 bits per heavy atom. The molecule has 0 atom stereocenters. The maximum Gasteiger partial charge on any atom is 0.339 e. The molecular formula is C14H10FNO5. The molecule has 0 fully saturated rings. The lowest BCUT2D eigenvalue weighted by Crippen LogP contribution is -2.06. The van der Waals surface area contributed by atoms with E-state index in [0.29, 0.717) is 0 Å². The Morgan fingerprint density at radius 3 is 2.62 bits per heavy atom. The van der Waals surface area contributed by atoms with Gasteiger partial charge in [-0.25, -0.2) is 9.18 Å². The minimum absolute atomic E-state index is 0.175. The quantitative estimate of drug-likeness (QED) is 0.675. The number of carboxylic acids is 1. The third-order valence-electron chi connectivity index (χ3n) is 2.76. The number of rotatable bonds is 5. The maximum atomic E-state index is 13.7. The second-order valence-electron chi connectivity index (χ2n) is 4.10. The summed E-state index contributed by atoms with van der Waals surface area (Å²) in [5.74, 6) is -2.62. The van der Waals surface area contributed by atoms with Crippen molar-refractivity contribution in [2.75, 3.05) is 0 Å². The van der Waals surface area contributed by atoms with Gasteiger partial charge in [0.25, 0.3) is 5.69 Å². The second kappa shape index (κ2) is 6.00. The average Bonchev–Trinajstić information content (AvgIpc) is 2.45. The lowest BCUT2D eigenvalue weighted by molar-refractivity contribution is -0.385. The van der Waals surface area contributed by atoms with Gasteiger partial charge < -0.3 is 9.84 Å². The van der Waals surface area contributed by atoms with Crippen molar-refractivity contribution in [2.24, 2.45) is 0 Å². The van der Waals surface area contributed by atoms with Crippen LogP contribution in [0, 0.1) is 15.9 Å². The molecule has 0 amide bonds. The van der Waals surface area contributed by atoms with Gasteiger partial charge in [-0.2, -0.15) is 0 Å². The van der Waals surface area contributed by atoms with Gasteiger partial charge in [-0.15, -0.1) is 0 Å². The normalized spacial score (nSPS) is 10.1. The van der Waals surface area contributed by atoms with Gasteiger partial charge in [-0.3, -0.25) is 10.1 Å². The molecule has 6 nitrogen and oxygen atoms in total. The van der Waals surface area contributed by atoms with E-state index in [1.54, 1.807) is 6.07 Å². The molecule has 0 aromatic heterocycles. The number of ether oxygens (including phenoxy) is 1. The Balaban J connectivity index is 2.29. The topological polar surface area (TPSA) is 89.7 Å². The zero-order chi connectivity index (χ0) is 15.4. The zero-order valence-electron chi connectivity index (χ0n) is 10.7. The van der Waals surface area contributed by atoms with Crippen LogP contribution in [-0.4, -0.2) is 16.0 Å². The first-order valence-corrected chi connectivity index (χ1v) is 5.87. The Morgan fingerprint density at radius 1 is 1.24 bits per heavy atom. The average molecular weight is 291 g/mol. The van der Waals surface area contributed by atoms with Crippen LogP contribution in [0.3, 0.4) is 0 Å². The summed E-state index contributed by atoms with van der Waals surface area (Å²) in [5.41, 5.74) is -0.290. The number of nitrogens with zero attached hydrogens (tertiary/aromatic N) is 1. The Bertz CT molecular complexity index is 702. The summed E-state index contributed by atoms with van der Waals surface area (Å²) in [6, 6.07) is 9.31. The van der Waals surface area contributed by atoms with Crippen molar-refractivity contribution in [2.45, 2.75) is 6.61 Å². The van der Waals surface area contributed by atoms with E-state index >= 15 is 0 Å². The van der Waals surface area contributed by atoms with E-state index < -0.39 is 22.5 Å². The molecule has 2 aromatic carbocycles. The van der Waals surface area contributed by atoms with Crippen molar-refractivity contribution in [1.82, 2.24) is 0 Å². The van der Waals surface area contributed by atoms with Crippen molar-refractivity contribution in [3.63, 3.8) is 0 Å². The number of carboxylic acid groups (broad SMARTS) is 1. The van der Waals surface area contributed by atoms with Crippen LogP contribution in [0.5, 0.6) is 5.75 Å². The minimum atomic E-state index is -1.34. The molecular weight excluding hydrogens is 281 g/mol. The molecule has 0 unspecified atom stereocenters. The number of carbonyl (C=O) groups is 1. The molecule has 21 heavy (non-hydrogen) atoms. The highest BCUT2D eigenvalue weighted by Crippen LogP contribution is 2.25. The monoisotopic (exact) mass is 291 g/mol. The van der Waals surface area contributed by atoms with E-state index in [1.807, 2.05) is 0 Å². The van der Waals surface area contributed by atoms with E-state index in [4.69, 9.17) is 9.84 Å². The molecule has 7 heteroatoms. The summed E-state index contributed by atoms with van der Waals surface area (Å²) in [6.07, 6.45) is 0. The number of hydrogen-bond acceptors (Lipinski definition) is 4. The number of nitro benzene ring substituents is 1. The molecule has 2 rings (SSSR count). The molecule has 108 valence electrons. The van der Waals surface area contributed by atoms with E-state index in [2.05, 4.69) is 0 Å². The molecule has 0 aliphatic heterocycles. The maximum absolute atomic E-state index is 13.7. The second-order valence-corrected chi connectivity index (χ2v) is 4.10.